The van der Waals surface area contributed by atoms with Crippen LogP contribution in [-0.4, -0.2) is 53.5 Å². The van der Waals surface area contributed by atoms with Crippen LogP contribution in [0.5, 0.6) is 5.75 Å². The molecule has 3 amide bonds. The molecule has 0 spiro atoms. The average Bonchev–Trinajstić information content (AvgIpc) is 2.85. The minimum Gasteiger partial charge on any atom is -0.490 e. The van der Waals surface area contributed by atoms with Gasteiger partial charge in [0.25, 0.3) is 0 Å². The van der Waals surface area contributed by atoms with Crippen LogP contribution in [0.3, 0.4) is 0 Å². The second-order valence-corrected chi connectivity index (χ2v) is 8.94. The molecule has 9 nitrogen and oxygen atoms in total. The van der Waals surface area contributed by atoms with E-state index in [2.05, 4.69) is 17.2 Å². The number of carbonyl (C=O) groups excluding carboxylic acids is 3. The molecule has 1 aromatic heterocycles. The zero-order valence-electron chi connectivity index (χ0n) is 19.2. The fraction of sp³-hybridized carbons (Fsp3) is 0.440. The summed E-state index contributed by atoms with van der Waals surface area (Å²) in [4.78, 5) is 42.8. The largest absolute Gasteiger partial charge is 0.490 e. The number of rotatable bonds is 5. The highest BCUT2D eigenvalue weighted by Gasteiger charge is 2.34. The summed E-state index contributed by atoms with van der Waals surface area (Å²) in [5.74, 6) is -0.990. The summed E-state index contributed by atoms with van der Waals surface area (Å²) in [6, 6.07) is 8.97. The molecule has 2 fully saturated rings. The number of pyridine rings is 1. The number of amides is 3. The van der Waals surface area contributed by atoms with Crippen LogP contribution < -0.4 is 15.8 Å². The Morgan fingerprint density at radius 1 is 1.09 bits per heavy atom. The van der Waals surface area contributed by atoms with Crippen LogP contribution in [0.4, 0.5) is 5.69 Å². The predicted molar refractivity (Wildman–Crippen MR) is 125 cm³/mol. The number of primary amides is 1. The molecule has 2 aliphatic rings. The number of nitrogens with one attached hydrogen (secondary N) is 1. The Hall–Kier alpha value is -3.46. The van der Waals surface area contributed by atoms with Crippen molar-refractivity contribution in [3.05, 3.63) is 53.9 Å². The van der Waals surface area contributed by atoms with Gasteiger partial charge in [0.05, 0.1) is 36.7 Å². The Morgan fingerprint density at radius 3 is 2.53 bits per heavy atom. The second-order valence-electron chi connectivity index (χ2n) is 8.94. The van der Waals surface area contributed by atoms with Gasteiger partial charge >= 0.3 is 11.8 Å². The highest BCUT2D eigenvalue weighted by atomic mass is 16.5. The summed E-state index contributed by atoms with van der Waals surface area (Å²) in [6.45, 7) is 3.98. The van der Waals surface area contributed by atoms with Crippen molar-refractivity contribution in [3.63, 3.8) is 0 Å². The van der Waals surface area contributed by atoms with Crippen LogP contribution in [-0.2, 0) is 14.3 Å². The van der Waals surface area contributed by atoms with Crippen LogP contribution >= 0.6 is 0 Å². The quantitative estimate of drug-likeness (QED) is 0.653. The molecule has 0 saturated carbocycles. The average molecular weight is 467 g/mol. The van der Waals surface area contributed by atoms with Gasteiger partial charge in [-0.05, 0) is 42.5 Å². The number of hydrogen-bond donors (Lipinski definition) is 2. The van der Waals surface area contributed by atoms with Gasteiger partial charge in [0.1, 0.15) is 11.9 Å². The molecule has 34 heavy (non-hydrogen) atoms. The van der Waals surface area contributed by atoms with Crippen molar-refractivity contribution in [2.75, 3.05) is 25.1 Å². The molecule has 9 heteroatoms. The smallest absolute Gasteiger partial charge is 0.313 e. The minimum absolute atomic E-state index is 0.151. The maximum Gasteiger partial charge on any atom is 0.313 e. The molecule has 0 radical (unpaired) electrons. The molecular weight excluding hydrogens is 436 g/mol. The lowest BCUT2D eigenvalue weighted by atomic mass is 9.89. The van der Waals surface area contributed by atoms with Crippen LogP contribution in [0.25, 0.3) is 0 Å². The predicted octanol–water partition coefficient (Wildman–Crippen LogP) is 2.68. The molecule has 2 saturated heterocycles. The van der Waals surface area contributed by atoms with E-state index < -0.39 is 17.7 Å². The fourth-order valence-electron chi connectivity index (χ4n) is 4.44. The van der Waals surface area contributed by atoms with Crippen LogP contribution in [0.2, 0.25) is 0 Å². The first-order chi connectivity index (χ1) is 16.4. The van der Waals surface area contributed by atoms with E-state index >= 15 is 0 Å². The first-order valence-corrected chi connectivity index (χ1v) is 11.6. The highest BCUT2D eigenvalue weighted by molar-refractivity contribution is 6.39. The number of likely N-dealkylation sites (tertiary alicyclic amines) is 1. The lowest BCUT2D eigenvalue weighted by Gasteiger charge is -2.38. The molecule has 0 unspecified atom stereocenters. The Labute approximate surface area is 198 Å². The summed E-state index contributed by atoms with van der Waals surface area (Å²) in [5.41, 5.74) is 6.62. The monoisotopic (exact) mass is 466 g/mol. The molecule has 2 atom stereocenters. The Morgan fingerprint density at radius 2 is 1.82 bits per heavy atom. The van der Waals surface area contributed by atoms with Gasteiger partial charge in [0.2, 0.25) is 5.91 Å². The highest BCUT2D eigenvalue weighted by Crippen LogP contribution is 2.34. The van der Waals surface area contributed by atoms with Crippen molar-refractivity contribution >= 4 is 23.4 Å². The fourth-order valence-corrected chi connectivity index (χ4v) is 4.44. The van der Waals surface area contributed by atoms with Crippen LogP contribution in [0, 0.1) is 5.92 Å². The van der Waals surface area contributed by atoms with E-state index in [0.29, 0.717) is 19.8 Å². The number of ether oxygens (including phenoxy) is 2. The van der Waals surface area contributed by atoms with Crippen LogP contribution in [0.15, 0.2) is 42.7 Å². The van der Waals surface area contributed by atoms with Gasteiger partial charge in [-0.1, -0.05) is 19.1 Å². The molecule has 4 rings (SSSR count). The summed E-state index contributed by atoms with van der Waals surface area (Å²) >= 11 is 0. The number of benzene rings is 1. The maximum absolute atomic E-state index is 13.1. The third-order valence-corrected chi connectivity index (χ3v) is 6.29. The van der Waals surface area contributed by atoms with Gasteiger partial charge in [-0.3, -0.25) is 19.4 Å². The normalized spacial score (nSPS) is 21.0. The zero-order valence-corrected chi connectivity index (χ0v) is 19.2. The van der Waals surface area contributed by atoms with E-state index in [1.807, 2.05) is 24.3 Å². The second kappa shape index (κ2) is 10.6. The lowest BCUT2D eigenvalue weighted by molar-refractivity contribution is -0.146. The first kappa shape index (κ1) is 23.7. The summed E-state index contributed by atoms with van der Waals surface area (Å²) in [7, 11) is 0. The van der Waals surface area contributed by atoms with E-state index in [4.69, 9.17) is 15.2 Å². The molecule has 3 heterocycles. The van der Waals surface area contributed by atoms with Crippen molar-refractivity contribution in [1.29, 1.82) is 0 Å². The first-order valence-electron chi connectivity index (χ1n) is 11.6. The number of carbonyl (C=O) groups is 3. The lowest BCUT2D eigenvalue weighted by Crippen LogP contribution is -2.46. The Bertz CT molecular complexity index is 1040. The topological polar surface area (TPSA) is 124 Å². The number of nitrogens with two attached hydrogens (primary N) is 1. The van der Waals surface area contributed by atoms with E-state index in [1.165, 1.54) is 18.5 Å². The summed E-state index contributed by atoms with van der Waals surface area (Å²) < 4.78 is 11.4. The number of nitrogens with zero attached hydrogens (tertiary/aromatic N) is 2. The van der Waals surface area contributed by atoms with Gasteiger partial charge in [0.15, 0.2) is 0 Å². The molecule has 1 aromatic carbocycles. The van der Waals surface area contributed by atoms with Crippen molar-refractivity contribution in [3.8, 4) is 5.75 Å². The third kappa shape index (κ3) is 5.72. The van der Waals surface area contributed by atoms with Crippen molar-refractivity contribution in [2.45, 2.75) is 44.8 Å². The molecule has 180 valence electrons. The molecule has 2 aliphatic heterocycles. The molecule has 3 N–H and O–H groups in total. The van der Waals surface area contributed by atoms with Crippen molar-refractivity contribution < 1.29 is 23.9 Å². The molecule has 0 aliphatic carbocycles. The third-order valence-electron chi connectivity index (χ3n) is 6.29. The number of aromatic nitrogens is 1. The van der Waals surface area contributed by atoms with E-state index in [1.54, 1.807) is 4.90 Å². The van der Waals surface area contributed by atoms with Gasteiger partial charge in [-0.15, -0.1) is 0 Å². The summed E-state index contributed by atoms with van der Waals surface area (Å²) in [5, 5.41) is 2.55. The van der Waals surface area contributed by atoms with Crippen LogP contribution in [0.1, 0.15) is 54.6 Å². The molecule has 2 aromatic rings. The zero-order chi connectivity index (χ0) is 24.1. The van der Waals surface area contributed by atoms with E-state index in [0.717, 1.165) is 37.0 Å². The molecule has 0 bridgehead atoms. The Kier molecular flexibility index (Phi) is 7.42. The van der Waals surface area contributed by atoms with E-state index in [-0.39, 0.29) is 29.3 Å². The number of piperidine rings is 1. The van der Waals surface area contributed by atoms with Gasteiger partial charge < -0.3 is 25.4 Å². The molecular formula is C25H30N4O5. The van der Waals surface area contributed by atoms with Gasteiger partial charge in [-0.25, -0.2) is 0 Å². The van der Waals surface area contributed by atoms with Gasteiger partial charge in [0, 0.05) is 25.6 Å². The van der Waals surface area contributed by atoms with Crippen molar-refractivity contribution in [2.24, 2.45) is 11.7 Å². The SMILES string of the molecule is C[C@@H]1CC[C@@H](c2ccc(OC3CCOCC3)cc2)N(C(=O)C(=O)Nc2cncc(C(N)=O)c2)C1. The standard InChI is InChI=1S/C25H30N4O5/c1-16-2-7-22(17-3-5-20(6-4-17)34-21-8-10-33-11-9-21)29(15-16)25(32)24(31)28-19-12-18(23(26)30)13-27-14-19/h3-6,12-14,16,21-22H,2,7-11,15H2,1H3,(H2,26,30)(H,28,31)/t16-,22+/m1/s1. The summed E-state index contributed by atoms with van der Waals surface area (Å²) in [6.07, 6.45) is 6.29. The Balaban J connectivity index is 1.45. The van der Waals surface area contributed by atoms with Crippen molar-refractivity contribution in [1.82, 2.24) is 9.88 Å². The van der Waals surface area contributed by atoms with Gasteiger partial charge in [-0.2, -0.15) is 0 Å². The minimum atomic E-state index is -0.776. The number of hydrogen-bond acceptors (Lipinski definition) is 6. The van der Waals surface area contributed by atoms with E-state index in [9.17, 15) is 14.4 Å². The number of anilines is 1. The maximum atomic E-state index is 13.1.